The van der Waals surface area contributed by atoms with Gasteiger partial charge in [-0.05, 0) is 22.9 Å². The minimum absolute atomic E-state index is 0.146. The molecular formula is C28H28N4O5. The lowest BCUT2D eigenvalue weighted by Gasteiger charge is -2.25. The summed E-state index contributed by atoms with van der Waals surface area (Å²) in [6.45, 7) is 3.50. The third-order valence-electron chi connectivity index (χ3n) is 6.39. The molecule has 4 amide bonds. The van der Waals surface area contributed by atoms with E-state index in [0.717, 1.165) is 5.39 Å². The molecule has 0 spiro atoms. The van der Waals surface area contributed by atoms with Crippen LogP contribution in [0.15, 0.2) is 66.9 Å². The minimum Gasteiger partial charge on any atom is -0.346 e. The van der Waals surface area contributed by atoms with Gasteiger partial charge in [-0.3, -0.25) is 34.3 Å². The van der Waals surface area contributed by atoms with Gasteiger partial charge in [0, 0.05) is 18.0 Å². The predicted molar refractivity (Wildman–Crippen MR) is 136 cm³/mol. The van der Waals surface area contributed by atoms with Gasteiger partial charge in [-0.2, -0.15) is 0 Å². The molecule has 9 nitrogen and oxygen atoms in total. The number of carbonyl (C=O) groups is 5. The number of carbonyl (C=O) groups excluding carboxylic acids is 5. The average molecular weight is 501 g/mol. The average Bonchev–Trinajstić information content (AvgIpc) is 3.24. The van der Waals surface area contributed by atoms with Crippen molar-refractivity contribution in [3.63, 3.8) is 0 Å². The Labute approximate surface area is 214 Å². The van der Waals surface area contributed by atoms with E-state index >= 15 is 0 Å². The number of pyridine rings is 1. The van der Waals surface area contributed by atoms with E-state index in [0.29, 0.717) is 10.9 Å². The van der Waals surface area contributed by atoms with Crippen LogP contribution in [-0.4, -0.2) is 40.4 Å². The lowest BCUT2D eigenvalue weighted by atomic mass is 9.89. The molecule has 9 heteroatoms. The van der Waals surface area contributed by atoms with Crippen LogP contribution in [0.5, 0.6) is 0 Å². The van der Waals surface area contributed by atoms with Crippen LogP contribution in [0.1, 0.15) is 48.8 Å². The van der Waals surface area contributed by atoms with Crippen LogP contribution in [0.2, 0.25) is 0 Å². The maximum atomic E-state index is 13.3. The third kappa shape index (κ3) is 5.88. The zero-order valence-corrected chi connectivity index (χ0v) is 20.6. The molecule has 1 aliphatic heterocycles. The van der Waals surface area contributed by atoms with E-state index in [1.165, 1.54) is 0 Å². The molecule has 3 N–H and O–H groups in total. The quantitative estimate of drug-likeness (QED) is 0.305. The molecule has 1 aromatic heterocycles. The number of fused-ring (bicyclic) bond motifs is 1. The second kappa shape index (κ2) is 11.1. The van der Waals surface area contributed by atoms with Gasteiger partial charge in [0.1, 0.15) is 11.6 Å². The number of hydrogen-bond donors (Lipinski definition) is 3. The Balaban J connectivity index is 1.53. The van der Waals surface area contributed by atoms with E-state index in [1.54, 1.807) is 44.3 Å². The first kappa shape index (κ1) is 25.7. The van der Waals surface area contributed by atoms with Crippen molar-refractivity contribution in [3.8, 4) is 0 Å². The number of amides is 4. The molecular weight excluding hydrogens is 472 g/mol. The van der Waals surface area contributed by atoms with Crippen molar-refractivity contribution in [1.82, 2.24) is 20.9 Å². The highest BCUT2D eigenvalue weighted by molar-refractivity contribution is 6.15. The van der Waals surface area contributed by atoms with Crippen LogP contribution >= 0.6 is 0 Å². The Kier molecular flexibility index (Phi) is 7.71. The van der Waals surface area contributed by atoms with E-state index in [1.807, 2.05) is 36.4 Å². The number of ketones is 1. The van der Waals surface area contributed by atoms with Gasteiger partial charge in [0.2, 0.25) is 17.7 Å². The zero-order chi connectivity index (χ0) is 26.5. The number of benzene rings is 2. The second-order valence-electron chi connectivity index (χ2n) is 9.38. The van der Waals surface area contributed by atoms with Crippen molar-refractivity contribution < 1.29 is 24.0 Å². The number of Topliss-reactive ketones (excluding diaryl/α,β-unsaturated/α-hetero) is 1. The van der Waals surface area contributed by atoms with Crippen molar-refractivity contribution in [1.29, 1.82) is 0 Å². The van der Waals surface area contributed by atoms with Crippen LogP contribution in [-0.2, 0) is 19.2 Å². The van der Waals surface area contributed by atoms with E-state index in [2.05, 4.69) is 20.9 Å². The molecule has 3 aromatic rings. The normalized spacial score (nSPS) is 16.8. The maximum Gasteiger partial charge on any atom is 0.271 e. The van der Waals surface area contributed by atoms with Gasteiger partial charge >= 0.3 is 0 Å². The van der Waals surface area contributed by atoms with Crippen LogP contribution in [0.3, 0.4) is 0 Å². The lowest BCUT2D eigenvalue weighted by Crippen LogP contribution is -2.49. The number of aromatic nitrogens is 1. The van der Waals surface area contributed by atoms with Gasteiger partial charge in [0.15, 0.2) is 5.78 Å². The fourth-order valence-corrected chi connectivity index (χ4v) is 4.45. The highest BCUT2D eigenvalue weighted by Gasteiger charge is 2.41. The smallest absolute Gasteiger partial charge is 0.271 e. The summed E-state index contributed by atoms with van der Waals surface area (Å²) in [6.07, 6.45) is 1.19. The van der Waals surface area contributed by atoms with Crippen molar-refractivity contribution in [2.75, 3.05) is 0 Å². The maximum absolute atomic E-state index is 13.3. The summed E-state index contributed by atoms with van der Waals surface area (Å²) in [5, 5.41) is 9.33. The van der Waals surface area contributed by atoms with Gasteiger partial charge in [-0.15, -0.1) is 0 Å². The van der Waals surface area contributed by atoms with Gasteiger partial charge in [-0.1, -0.05) is 68.4 Å². The summed E-state index contributed by atoms with van der Waals surface area (Å²) >= 11 is 0. The first-order valence-corrected chi connectivity index (χ1v) is 12.1. The van der Waals surface area contributed by atoms with E-state index in [-0.39, 0.29) is 24.5 Å². The first-order valence-electron chi connectivity index (χ1n) is 12.1. The molecule has 2 unspecified atom stereocenters. The third-order valence-corrected chi connectivity index (χ3v) is 6.39. The Morgan fingerprint density at radius 2 is 1.68 bits per heavy atom. The first-order chi connectivity index (χ1) is 17.7. The monoisotopic (exact) mass is 500 g/mol. The van der Waals surface area contributed by atoms with Crippen molar-refractivity contribution in [2.24, 2.45) is 11.8 Å². The SMILES string of the molecule is CC(C)C(NC(=O)C[C@H](NC(=O)c1nccc2ccccc12)c1ccccc1)C(=O)C1CC(=O)NC1=O. The van der Waals surface area contributed by atoms with Gasteiger partial charge in [-0.25, -0.2) is 0 Å². The van der Waals surface area contributed by atoms with Gasteiger partial charge < -0.3 is 10.6 Å². The summed E-state index contributed by atoms with van der Waals surface area (Å²) in [5.74, 6) is -4.01. The molecule has 37 heavy (non-hydrogen) atoms. The highest BCUT2D eigenvalue weighted by Crippen LogP contribution is 2.22. The van der Waals surface area contributed by atoms with E-state index < -0.39 is 47.4 Å². The van der Waals surface area contributed by atoms with Gasteiger partial charge in [0.05, 0.1) is 18.5 Å². The minimum atomic E-state index is -1.12. The molecule has 3 atom stereocenters. The molecule has 4 rings (SSSR count). The molecule has 190 valence electrons. The van der Waals surface area contributed by atoms with Crippen LogP contribution in [0.4, 0.5) is 0 Å². The molecule has 0 radical (unpaired) electrons. The molecule has 0 bridgehead atoms. The summed E-state index contributed by atoms with van der Waals surface area (Å²) < 4.78 is 0. The van der Waals surface area contributed by atoms with E-state index in [4.69, 9.17) is 0 Å². The second-order valence-corrected chi connectivity index (χ2v) is 9.38. The number of imide groups is 1. The van der Waals surface area contributed by atoms with Crippen molar-refractivity contribution in [3.05, 3.63) is 78.1 Å². The van der Waals surface area contributed by atoms with Crippen LogP contribution < -0.4 is 16.0 Å². The van der Waals surface area contributed by atoms with Crippen LogP contribution in [0, 0.1) is 11.8 Å². The van der Waals surface area contributed by atoms with Crippen molar-refractivity contribution >= 4 is 40.2 Å². The predicted octanol–water partition coefficient (Wildman–Crippen LogP) is 2.47. The molecule has 1 fully saturated rings. The molecule has 1 saturated heterocycles. The Morgan fingerprint density at radius 3 is 2.35 bits per heavy atom. The number of hydrogen-bond acceptors (Lipinski definition) is 6. The fraction of sp³-hybridized carbons (Fsp3) is 0.286. The molecule has 2 heterocycles. The molecule has 0 aliphatic carbocycles. The summed E-state index contributed by atoms with van der Waals surface area (Å²) in [4.78, 5) is 67.3. The topological polar surface area (TPSA) is 134 Å². The lowest BCUT2D eigenvalue weighted by molar-refractivity contribution is -0.136. The Hall–Kier alpha value is -4.40. The number of nitrogens with zero attached hydrogens (tertiary/aromatic N) is 1. The van der Waals surface area contributed by atoms with Crippen LogP contribution in [0.25, 0.3) is 10.8 Å². The Bertz CT molecular complexity index is 1350. The summed E-state index contributed by atoms with van der Waals surface area (Å²) in [6, 6.07) is 16.6. The Morgan fingerprint density at radius 1 is 0.973 bits per heavy atom. The zero-order valence-electron chi connectivity index (χ0n) is 20.6. The number of nitrogens with one attached hydrogen (secondary N) is 3. The standard InChI is InChI=1S/C28H28N4O5/c1-16(2)24(26(35)20-14-22(33)32-27(20)36)31-23(34)15-21(18-9-4-3-5-10-18)30-28(37)25-19-11-7-6-8-17(19)12-13-29-25/h3-13,16,20-21,24H,14-15H2,1-2H3,(H,30,37)(H,31,34)(H,32,33,36)/t20?,21-,24?/m0/s1. The summed E-state index contributed by atoms with van der Waals surface area (Å²) in [5.41, 5.74) is 0.950. The fourth-order valence-electron chi connectivity index (χ4n) is 4.45. The molecule has 1 aliphatic rings. The largest absolute Gasteiger partial charge is 0.346 e. The highest BCUT2D eigenvalue weighted by atomic mass is 16.2. The number of rotatable bonds is 9. The van der Waals surface area contributed by atoms with Crippen molar-refractivity contribution in [2.45, 2.75) is 38.8 Å². The van der Waals surface area contributed by atoms with Gasteiger partial charge in [0.25, 0.3) is 5.91 Å². The molecule has 0 saturated carbocycles. The molecule has 2 aromatic carbocycles. The summed E-state index contributed by atoms with van der Waals surface area (Å²) in [7, 11) is 0. The van der Waals surface area contributed by atoms with E-state index in [9.17, 15) is 24.0 Å².